The monoisotopic (exact) mass is 603 g/mol. The Balaban J connectivity index is 1.38. The second-order valence-corrected chi connectivity index (χ2v) is 12.8. The molecule has 0 atom stereocenters. The van der Waals surface area contributed by atoms with Gasteiger partial charge >= 0.3 is 0 Å². The first-order chi connectivity index (χ1) is 22.8. The summed E-state index contributed by atoms with van der Waals surface area (Å²) in [6.45, 7) is 0. The molecule has 1 heterocycles. The molecule has 0 fully saturated rings. The molecule has 216 valence electrons. The van der Waals surface area contributed by atoms with Gasteiger partial charge in [-0.2, -0.15) is 0 Å². The van der Waals surface area contributed by atoms with Crippen LogP contribution in [0.2, 0.25) is 0 Å². The average Bonchev–Trinajstić information content (AvgIpc) is 3.51. The van der Waals surface area contributed by atoms with E-state index in [0.717, 1.165) is 11.4 Å². The summed E-state index contributed by atoms with van der Waals surface area (Å²) < 4.78 is 2.63. The Hall–Kier alpha value is -5.70. The fourth-order valence-corrected chi connectivity index (χ4v) is 8.16. The van der Waals surface area contributed by atoms with E-state index < -0.39 is 0 Å². The van der Waals surface area contributed by atoms with E-state index in [2.05, 4.69) is 181 Å². The smallest absolute Gasteiger partial charge is 0.0547 e. The molecular formula is C44H29NS. The van der Waals surface area contributed by atoms with Gasteiger partial charge < -0.3 is 4.90 Å². The number of hydrogen-bond donors (Lipinski definition) is 0. The molecule has 2 heteroatoms. The third kappa shape index (κ3) is 4.38. The van der Waals surface area contributed by atoms with Crippen LogP contribution in [0, 0.1) is 0 Å². The molecule has 0 bridgehead atoms. The lowest BCUT2D eigenvalue weighted by atomic mass is 9.98. The van der Waals surface area contributed by atoms with Gasteiger partial charge in [0.05, 0.1) is 17.1 Å². The standard InChI is InChI=1S/C44H29NS/c1-3-14-30(15-4-1)33-26-27-37-39-29-42(36-22-9-10-23-38(36)44(39)46-43(37)28-33)45(41-25-13-19-32-18-7-8-20-35(32)41)40-24-12-11-21-34(40)31-16-5-2-6-17-31/h1-29H. The van der Waals surface area contributed by atoms with Gasteiger partial charge in [-0.15, -0.1) is 11.3 Å². The van der Waals surface area contributed by atoms with Gasteiger partial charge in [0.2, 0.25) is 0 Å². The zero-order valence-corrected chi connectivity index (χ0v) is 25.9. The van der Waals surface area contributed by atoms with E-state index in [-0.39, 0.29) is 0 Å². The first-order valence-corrected chi connectivity index (χ1v) is 16.5. The van der Waals surface area contributed by atoms with E-state index in [1.807, 2.05) is 11.3 Å². The lowest BCUT2D eigenvalue weighted by molar-refractivity contribution is 1.32. The minimum absolute atomic E-state index is 1.15. The van der Waals surface area contributed by atoms with Crippen molar-refractivity contribution in [3.8, 4) is 22.3 Å². The fourth-order valence-electron chi connectivity index (χ4n) is 6.90. The molecule has 0 saturated heterocycles. The molecule has 46 heavy (non-hydrogen) atoms. The van der Waals surface area contributed by atoms with Gasteiger partial charge in [0.25, 0.3) is 0 Å². The highest BCUT2D eigenvalue weighted by molar-refractivity contribution is 7.26. The first-order valence-electron chi connectivity index (χ1n) is 15.7. The Kier molecular flexibility index (Phi) is 6.40. The lowest BCUT2D eigenvalue weighted by Crippen LogP contribution is -2.12. The van der Waals surface area contributed by atoms with Crippen LogP contribution < -0.4 is 4.90 Å². The number of fused-ring (bicyclic) bond motifs is 6. The molecular weight excluding hydrogens is 575 g/mol. The second-order valence-electron chi connectivity index (χ2n) is 11.7. The zero-order valence-electron chi connectivity index (χ0n) is 25.1. The van der Waals surface area contributed by atoms with Gasteiger partial charge in [0.1, 0.15) is 0 Å². The molecule has 1 aromatic heterocycles. The number of benzene rings is 8. The Morgan fingerprint density at radius 1 is 0.348 bits per heavy atom. The predicted molar refractivity (Wildman–Crippen MR) is 200 cm³/mol. The number of rotatable bonds is 5. The number of anilines is 3. The summed E-state index contributed by atoms with van der Waals surface area (Å²) in [7, 11) is 0. The average molecular weight is 604 g/mol. The summed E-state index contributed by atoms with van der Waals surface area (Å²) in [5.41, 5.74) is 8.38. The van der Waals surface area contributed by atoms with Crippen LogP contribution in [0.4, 0.5) is 17.1 Å². The number of thiophene rings is 1. The van der Waals surface area contributed by atoms with E-state index in [1.54, 1.807) is 0 Å². The van der Waals surface area contributed by atoms with Gasteiger partial charge in [-0.05, 0) is 46.3 Å². The molecule has 1 nitrogen and oxygen atoms in total. The minimum Gasteiger partial charge on any atom is -0.309 e. The fraction of sp³-hybridized carbons (Fsp3) is 0. The van der Waals surface area contributed by atoms with Crippen LogP contribution >= 0.6 is 11.3 Å². The van der Waals surface area contributed by atoms with Crippen LogP contribution in [-0.2, 0) is 0 Å². The summed E-state index contributed by atoms with van der Waals surface area (Å²) in [5.74, 6) is 0. The molecule has 9 aromatic rings. The van der Waals surface area contributed by atoms with Crippen molar-refractivity contribution >= 4 is 70.1 Å². The predicted octanol–water partition coefficient (Wildman–Crippen LogP) is 13.2. The maximum atomic E-state index is 2.49. The number of nitrogens with zero attached hydrogens (tertiary/aromatic N) is 1. The molecule has 0 amide bonds. The van der Waals surface area contributed by atoms with Crippen LogP contribution in [0.25, 0.3) is 64.0 Å². The minimum atomic E-state index is 1.15. The summed E-state index contributed by atoms with van der Waals surface area (Å²) in [6, 6.07) is 63.9. The highest BCUT2D eigenvalue weighted by Crippen LogP contribution is 2.49. The number of hydrogen-bond acceptors (Lipinski definition) is 2. The quantitative estimate of drug-likeness (QED) is 0.189. The van der Waals surface area contributed by atoms with Gasteiger partial charge in [0.15, 0.2) is 0 Å². The van der Waals surface area contributed by atoms with Crippen molar-refractivity contribution in [2.24, 2.45) is 0 Å². The van der Waals surface area contributed by atoms with Crippen LogP contribution in [0.3, 0.4) is 0 Å². The Bertz CT molecular complexity index is 2520. The van der Waals surface area contributed by atoms with Crippen molar-refractivity contribution in [1.82, 2.24) is 0 Å². The van der Waals surface area contributed by atoms with E-state index in [4.69, 9.17) is 0 Å². The molecule has 0 radical (unpaired) electrons. The molecule has 9 rings (SSSR count). The highest BCUT2D eigenvalue weighted by Gasteiger charge is 2.23. The Morgan fingerprint density at radius 3 is 1.80 bits per heavy atom. The molecule has 0 unspecified atom stereocenters. The van der Waals surface area contributed by atoms with Crippen LogP contribution in [0.5, 0.6) is 0 Å². The summed E-state index contributed by atoms with van der Waals surface area (Å²) in [6.07, 6.45) is 0. The maximum absolute atomic E-state index is 2.49. The van der Waals surface area contributed by atoms with Gasteiger partial charge in [-0.1, -0.05) is 152 Å². The molecule has 0 saturated carbocycles. The van der Waals surface area contributed by atoms with Crippen molar-refractivity contribution in [2.45, 2.75) is 0 Å². The Labute approximate surface area is 272 Å². The van der Waals surface area contributed by atoms with Gasteiger partial charge in [-0.3, -0.25) is 0 Å². The molecule has 0 aliphatic carbocycles. The van der Waals surface area contributed by atoms with Crippen molar-refractivity contribution in [2.75, 3.05) is 4.90 Å². The van der Waals surface area contributed by atoms with Crippen molar-refractivity contribution in [1.29, 1.82) is 0 Å². The van der Waals surface area contributed by atoms with E-state index >= 15 is 0 Å². The normalized spacial score (nSPS) is 11.5. The lowest BCUT2D eigenvalue weighted by Gasteiger charge is -2.30. The third-order valence-corrected chi connectivity index (χ3v) is 10.2. The van der Waals surface area contributed by atoms with Gasteiger partial charge in [-0.25, -0.2) is 0 Å². The molecule has 8 aromatic carbocycles. The van der Waals surface area contributed by atoms with Crippen molar-refractivity contribution in [3.63, 3.8) is 0 Å². The van der Waals surface area contributed by atoms with Crippen LogP contribution in [0.15, 0.2) is 176 Å². The maximum Gasteiger partial charge on any atom is 0.0547 e. The summed E-state index contributed by atoms with van der Waals surface area (Å²) >= 11 is 1.90. The van der Waals surface area contributed by atoms with E-state index in [9.17, 15) is 0 Å². The molecule has 0 aliphatic rings. The summed E-state index contributed by atoms with van der Waals surface area (Å²) in [5, 5.41) is 7.54. The Morgan fingerprint density at radius 2 is 0.978 bits per heavy atom. The van der Waals surface area contributed by atoms with Crippen molar-refractivity contribution < 1.29 is 0 Å². The third-order valence-electron chi connectivity index (χ3n) is 9.04. The largest absolute Gasteiger partial charge is 0.309 e. The zero-order chi connectivity index (χ0) is 30.5. The van der Waals surface area contributed by atoms with Crippen molar-refractivity contribution in [3.05, 3.63) is 176 Å². The molecule has 0 spiro atoms. The molecule has 0 aliphatic heterocycles. The van der Waals surface area contributed by atoms with E-state index in [0.29, 0.717) is 0 Å². The van der Waals surface area contributed by atoms with Crippen LogP contribution in [-0.4, -0.2) is 0 Å². The second kappa shape index (κ2) is 11.0. The van der Waals surface area contributed by atoms with Crippen LogP contribution in [0.1, 0.15) is 0 Å². The SMILES string of the molecule is c1ccc(-c2ccc3c(c2)sc2c4ccccc4c(N(c4ccccc4-c4ccccc4)c4cccc5ccccc45)cc32)cc1. The van der Waals surface area contributed by atoms with E-state index in [1.165, 1.54) is 69.7 Å². The van der Waals surface area contributed by atoms with Gasteiger partial charge in [0, 0.05) is 41.9 Å². The molecule has 0 N–H and O–H groups in total. The summed E-state index contributed by atoms with van der Waals surface area (Å²) in [4.78, 5) is 2.49. The first kappa shape index (κ1) is 26.7. The topological polar surface area (TPSA) is 3.24 Å². The number of para-hydroxylation sites is 1. The highest BCUT2D eigenvalue weighted by atomic mass is 32.1.